The SMILES string of the molecule is O=C(NCc1ccc2c(c1)OCO2)[C@@H]1CN(C(=O)c2ccccc2)C[C@@H]1c1cccc(C(F)(F)F)c1. The summed E-state index contributed by atoms with van der Waals surface area (Å²) in [6, 6.07) is 18.9. The van der Waals surface area contributed by atoms with Crippen molar-refractivity contribution < 1.29 is 32.2 Å². The first kappa shape index (κ1) is 23.7. The summed E-state index contributed by atoms with van der Waals surface area (Å²) in [5.74, 6) is -0.686. The maximum absolute atomic E-state index is 13.4. The quantitative estimate of drug-likeness (QED) is 0.561. The minimum Gasteiger partial charge on any atom is -0.454 e. The second-order valence-corrected chi connectivity index (χ2v) is 8.82. The highest BCUT2D eigenvalue weighted by Crippen LogP contribution is 2.37. The average Bonchev–Trinajstić information content (AvgIpc) is 3.54. The molecule has 3 aromatic rings. The van der Waals surface area contributed by atoms with Crippen LogP contribution in [0.5, 0.6) is 11.5 Å². The molecule has 0 saturated carbocycles. The average molecular weight is 496 g/mol. The molecule has 2 amide bonds. The summed E-state index contributed by atoms with van der Waals surface area (Å²) in [5.41, 5.74) is 0.837. The van der Waals surface area contributed by atoms with Gasteiger partial charge in [0.25, 0.3) is 5.91 Å². The second kappa shape index (κ2) is 9.56. The Morgan fingerprint density at radius 3 is 2.47 bits per heavy atom. The van der Waals surface area contributed by atoms with Crippen molar-refractivity contribution in [2.75, 3.05) is 19.9 Å². The lowest BCUT2D eigenvalue weighted by Crippen LogP contribution is -2.35. The summed E-state index contributed by atoms with van der Waals surface area (Å²) in [6.45, 7) is 0.573. The Balaban J connectivity index is 1.38. The Hall–Kier alpha value is -4.01. The van der Waals surface area contributed by atoms with Gasteiger partial charge in [0.2, 0.25) is 12.7 Å². The van der Waals surface area contributed by atoms with Crippen molar-refractivity contribution in [3.8, 4) is 11.5 Å². The van der Waals surface area contributed by atoms with Crippen molar-refractivity contribution in [1.29, 1.82) is 0 Å². The number of rotatable bonds is 5. The number of nitrogens with one attached hydrogen (secondary N) is 1. The molecule has 0 bridgehead atoms. The first-order valence-electron chi connectivity index (χ1n) is 11.5. The predicted octanol–water partition coefficient (Wildman–Crippen LogP) is 4.61. The molecule has 2 atom stereocenters. The summed E-state index contributed by atoms with van der Waals surface area (Å²) in [7, 11) is 0. The zero-order chi connectivity index (χ0) is 25.3. The summed E-state index contributed by atoms with van der Waals surface area (Å²) < 4.78 is 50.8. The molecule has 2 heterocycles. The van der Waals surface area contributed by atoms with E-state index in [0.717, 1.165) is 17.7 Å². The molecular formula is C27H23F3N2O4. The third kappa shape index (κ3) is 4.86. The molecule has 0 spiro atoms. The van der Waals surface area contributed by atoms with E-state index in [4.69, 9.17) is 9.47 Å². The van der Waals surface area contributed by atoms with Crippen molar-refractivity contribution in [2.45, 2.75) is 18.6 Å². The molecule has 2 aliphatic rings. The van der Waals surface area contributed by atoms with Gasteiger partial charge in [-0.3, -0.25) is 9.59 Å². The molecule has 1 saturated heterocycles. The van der Waals surface area contributed by atoms with Crippen LogP contribution in [0.4, 0.5) is 13.2 Å². The number of alkyl halides is 3. The van der Waals surface area contributed by atoms with Crippen LogP contribution in [0.2, 0.25) is 0 Å². The lowest BCUT2D eigenvalue weighted by Gasteiger charge is -2.19. The zero-order valence-electron chi connectivity index (χ0n) is 19.1. The number of nitrogens with zero attached hydrogens (tertiary/aromatic N) is 1. The van der Waals surface area contributed by atoms with Crippen molar-refractivity contribution >= 4 is 11.8 Å². The predicted molar refractivity (Wildman–Crippen MR) is 124 cm³/mol. The van der Waals surface area contributed by atoms with E-state index in [9.17, 15) is 22.8 Å². The van der Waals surface area contributed by atoms with E-state index in [0.29, 0.717) is 22.6 Å². The van der Waals surface area contributed by atoms with Gasteiger partial charge in [-0.15, -0.1) is 0 Å². The highest BCUT2D eigenvalue weighted by atomic mass is 19.4. The van der Waals surface area contributed by atoms with Gasteiger partial charge >= 0.3 is 6.18 Å². The van der Waals surface area contributed by atoms with E-state index in [1.165, 1.54) is 11.0 Å². The monoisotopic (exact) mass is 496 g/mol. The minimum absolute atomic E-state index is 0.0988. The van der Waals surface area contributed by atoms with Crippen LogP contribution >= 0.6 is 0 Å². The summed E-state index contributed by atoms with van der Waals surface area (Å²) in [5, 5.41) is 2.88. The van der Waals surface area contributed by atoms with E-state index in [1.807, 2.05) is 0 Å². The van der Waals surface area contributed by atoms with Crippen molar-refractivity contribution in [3.05, 3.63) is 95.1 Å². The Morgan fingerprint density at radius 2 is 1.69 bits per heavy atom. The van der Waals surface area contributed by atoms with Gasteiger partial charge in [0.05, 0.1) is 11.5 Å². The Labute approximate surface area is 205 Å². The van der Waals surface area contributed by atoms with Gasteiger partial charge in [-0.1, -0.05) is 42.5 Å². The summed E-state index contributed by atoms with van der Waals surface area (Å²) in [6.07, 6.45) is -4.51. The van der Waals surface area contributed by atoms with Crippen molar-refractivity contribution in [1.82, 2.24) is 10.2 Å². The molecule has 6 nitrogen and oxygen atoms in total. The Bertz CT molecular complexity index is 1280. The molecule has 1 fully saturated rings. The van der Waals surface area contributed by atoms with Crippen LogP contribution in [0, 0.1) is 5.92 Å². The molecule has 186 valence electrons. The molecule has 2 aliphatic heterocycles. The van der Waals surface area contributed by atoms with Crippen LogP contribution in [0.25, 0.3) is 0 Å². The topological polar surface area (TPSA) is 67.9 Å². The Morgan fingerprint density at radius 1 is 0.917 bits per heavy atom. The van der Waals surface area contributed by atoms with Crippen LogP contribution in [0.3, 0.4) is 0 Å². The maximum atomic E-state index is 13.4. The fourth-order valence-corrected chi connectivity index (χ4v) is 4.65. The van der Waals surface area contributed by atoms with E-state index >= 15 is 0 Å². The second-order valence-electron chi connectivity index (χ2n) is 8.82. The molecule has 0 aliphatic carbocycles. The van der Waals surface area contributed by atoms with Crippen LogP contribution in [0.15, 0.2) is 72.8 Å². The van der Waals surface area contributed by atoms with Crippen molar-refractivity contribution in [2.24, 2.45) is 5.92 Å². The van der Waals surface area contributed by atoms with Crippen LogP contribution < -0.4 is 14.8 Å². The van der Waals surface area contributed by atoms with Crippen molar-refractivity contribution in [3.63, 3.8) is 0 Å². The van der Waals surface area contributed by atoms with E-state index in [1.54, 1.807) is 54.6 Å². The number of benzene rings is 3. The highest BCUT2D eigenvalue weighted by molar-refractivity contribution is 5.95. The standard InChI is InChI=1S/C27H23F3N2O4/c28-27(29,30)20-8-4-7-19(12-20)21-14-32(26(34)18-5-2-1-3-6-18)15-22(21)25(33)31-13-17-9-10-23-24(11-17)36-16-35-23/h1-12,21-22H,13-16H2,(H,31,33)/t21-,22-/m1/s1. The fourth-order valence-electron chi connectivity index (χ4n) is 4.65. The van der Waals surface area contributed by atoms with Gasteiger partial charge in [-0.2, -0.15) is 13.2 Å². The number of hydrogen-bond acceptors (Lipinski definition) is 4. The number of hydrogen-bond donors (Lipinski definition) is 1. The molecule has 36 heavy (non-hydrogen) atoms. The molecule has 3 aromatic carbocycles. The molecule has 5 rings (SSSR count). The third-order valence-electron chi connectivity index (χ3n) is 6.51. The molecule has 0 radical (unpaired) electrons. The van der Waals surface area contributed by atoms with Crippen LogP contribution in [0.1, 0.15) is 33.0 Å². The molecule has 0 aromatic heterocycles. The normalized spacial score (nSPS) is 18.8. The number of amides is 2. The smallest absolute Gasteiger partial charge is 0.416 e. The van der Waals surface area contributed by atoms with Gasteiger partial charge < -0.3 is 19.7 Å². The Kier molecular flexibility index (Phi) is 6.30. The number of fused-ring (bicyclic) bond motifs is 1. The minimum atomic E-state index is -4.51. The van der Waals surface area contributed by atoms with Gasteiger partial charge in [0.1, 0.15) is 0 Å². The lowest BCUT2D eigenvalue weighted by atomic mass is 9.87. The molecule has 0 unspecified atom stereocenters. The lowest BCUT2D eigenvalue weighted by molar-refractivity contribution is -0.137. The zero-order valence-corrected chi connectivity index (χ0v) is 19.1. The number of carbonyl (C=O) groups is 2. The van der Waals surface area contributed by atoms with E-state index < -0.39 is 23.6 Å². The van der Waals surface area contributed by atoms with Crippen LogP contribution in [-0.2, 0) is 17.5 Å². The first-order valence-corrected chi connectivity index (χ1v) is 11.5. The number of likely N-dealkylation sites (tertiary alicyclic amines) is 1. The highest BCUT2D eigenvalue weighted by Gasteiger charge is 2.41. The number of carbonyl (C=O) groups excluding carboxylic acids is 2. The first-order chi connectivity index (χ1) is 17.3. The summed E-state index contributed by atoms with van der Waals surface area (Å²) >= 11 is 0. The third-order valence-corrected chi connectivity index (χ3v) is 6.51. The van der Waals surface area contributed by atoms with E-state index in [-0.39, 0.29) is 38.2 Å². The number of halogens is 3. The molecule has 1 N–H and O–H groups in total. The largest absolute Gasteiger partial charge is 0.454 e. The number of ether oxygens (including phenoxy) is 2. The van der Waals surface area contributed by atoms with E-state index in [2.05, 4.69) is 5.32 Å². The molecular weight excluding hydrogens is 473 g/mol. The van der Waals surface area contributed by atoms with Gasteiger partial charge in [0, 0.05) is 31.1 Å². The molecule has 9 heteroatoms. The van der Waals surface area contributed by atoms with Gasteiger partial charge in [0.15, 0.2) is 11.5 Å². The maximum Gasteiger partial charge on any atom is 0.416 e. The summed E-state index contributed by atoms with van der Waals surface area (Å²) in [4.78, 5) is 27.9. The van der Waals surface area contributed by atoms with Crippen LogP contribution in [-0.4, -0.2) is 36.6 Å². The van der Waals surface area contributed by atoms with Gasteiger partial charge in [-0.25, -0.2) is 0 Å². The van der Waals surface area contributed by atoms with Gasteiger partial charge in [-0.05, 0) is 41.5 Å². The fraction of sp³-hybridized carbons (Fsp3) is 0.259.